The molecule has 0 atom stereocenters. The second-order valence-electron chi connectivity index (χ2n) is 4.90. The highest BCUT2D eigenvalue weighted by Gasteiger charge is 2.12. The summed E-state index contributed by atoms with van der Waals surface area (Å²) in [5.41, 5.74) is 1.66. The normalized spacial score (nSPS) is 10.6. The third kappa shape index (κ3) is 3.98. The Bertz CT molecular complexity index is 817. The summed E-state index contributed by atoms with van der Waals surface area (Å²) in [6.45, 7) is -0.188. The number of fused-ring (bicyclic) bond motifs is 1. The second kappa shape index (κ2) is 7.55. The van der Waals surface area contributed by atoms with Crippen molar-refractivity contribution >= 4 is 45.0 Å². The van der Waals surface area contributed by atoms with Crippen molar-refractivity contribution in [1.29, 1.82) is 0 Å². The fourth-order valence-electron chi connectivity index (χ4n) is 2.07. The minimum atomic E-state index is -0.480. The Morgan fingerprint density at radius 1 is 1.25 bits per heavy atom. The molecule has 7 heteroatoms. The molecule has 3 rings (SSSR count). The molecule has 0 N–H and O–H groups in total. The van der Waals surface area contributed by atoms with E-state index in [1.165, 1.54) is 16.4 Å². The van der Waals surface area contributed by atoms with Crippen LogP contribution >= 0.6 is 23.1 Å². The van der Waals surface area contributed by atoms with Crippen molar-refractivity contribution in [2.45, 2.75) is 4.90 Å². The molecular weight excluding hydrogens is 344 g/mol. The van der Waals surface area contributed by atoms with Crippen LogP contribution < -0.4 is 9.80 Å². The lowest BCUT2D eigenvalue weighted by atomic mass is 10.3. The SMILES string of the molecule is CSc1cccc(N(C)OC(=O)COc2nc3ccccc3s2)c1. The van der Waals surface area contributed by atoms with Gasteiger partial charge >= 0.3 is 5.97 Å². The van der Waals surface area contributed by atoms with E-state index in [0.29, 0.717) is 5.19 Å². The first-order chi connectivity index (χ1) is 11.7. The van der Waals surface area contributed by atoms with Crippen LogP contribution in [0.15, 0.2) is 53.4 Å². The molecule has 0 radical (unpaired) electrons. The summed E-state index contributed by atoms with van der Waals surface area (Å²) >= 11 is 3.03. The van der Waals surface area contributed by atoms with Gasteiger partial charge in [-0.15, -0.1) is 11.8 Å². The average Bonchev–Trinajstić information content (AvgIpc) is 3.03. The number of ether oxygens (including phenoxy) is 1. The van der Waals surface area contributed by atoms with Crippen LogP contribution in [0.3, 0.4) is 0 Å². The molecule has 124 valence electrons. The van der Waals surface area contributed by atoms with Gasteiger partial charge in [0.25, 0.3) is 5.19 Å². The zero-order valence-electron chi connectivity index (χ0n) is 13.3. The number of benzene rings is 2. The van der Waals surface area contributed by atoms with E-state index in [1.807, 2.05) is 54.8 Å². The highest BCUT2D eigenvalue weighted by atomic mass is 32.2. The lowest BCUT2D eigenvalue weighted by Gasteiger charge is -2.18. The highest BCUT2D eigenvalue weighted by molar-refractivity contribution is 7.98. The van der Waals surface area contributed by atoms with Gasteiger partial charge in [-0.1, -0.05) is 29.5 Å². The molecule has 1 heterocycles. The minimum Gasteiger partial charge on any atom is -0.458 e. The maximum absolute atomic E-state index is 12.0. The molecule has 5 nitrogen and oxygen atoms in total. The molecule has 0 bridgehead atoms. The van der Waals surface area contributed by atoms with Crippen molar-refractivity contribution in [3.05, 3.63) is 48.5 Å². The number of hydrogen-bond acceptors (Lipinski definition) is 7. The maximum atomic E-state index is 12.0. The van der Waals surface area contributed by atoms with Crippen molar-refractivity contribution < 1.29 is 14.4 Å². The van der Waals surface area contributed by atoms with Gasteiger partial charge in [0.2, 0.25) is 0 Å². The van der Waals surface area contributed by atoms with E-state index < -0.39 is 5.97 Å². The summed E-state index contributed by atoms with van der Waals surface area (Å²) in [5.74, 6) is -0.480. The number of anilines is 1. The number of thioether (sulfide) groups is 1. The molecule has 2 aromatic carbocycles. The fraction of sp³-hybridized carbons (Fsp3) is 0.176. The Morgan fingerprint density at radius 3 is 2.88 bits per heavy atom. The largest absolute Gasteiger partial charge is 0.458 e. The molecular formula is C17H16N2O3S2. The first-order valence-electron chi connectivity index (χ1n) is 7.22. The molecule has 0 saturated carbocycles. The highest BCUT2D eigenvalue weighted by Crippen LogP contribution is 2.27. The number of nitrogens with zero attached hydrogens (tertiary/aromatic N) is 2. The molecule has 0 aliphatic heterocycles. The Kier molecular flexibility index (Phi) is 5.22. The van der Waals surface area contributed by atoms with E-state index in [1.54, 1.807) is 18.8 Å². The molecule has 0 unspecified atom stereocenters. The first kappa shape index (κ1) is 16.6. The van der Waals surface area contributed by atoms with Gasteiger partial charge in [0.1, 0.15) is 0 Å². The zero-order chi connectivity index (χ0) is 16.9. The van der Waals surface area contributed by atoms with E-state index in [0.717, 1.165) is 20.8 Å². The van der Waals surface area contributed by atoms with E-state index in [-0.39, 0.29) is 6.61 Å². The van der Waals surface area contributed by atoms with Crippen molar-refractivity contribution in [2.75, 3.05) is 25.0 Å². The number of thiazole rings is 1. The average molecular weight is 360 g/mol. The van der Waals surface area contributed by atoms with Crippen LogP contribution in [0.1, 0.15) is 0 Å². The smallest absolute Gasteiger partial charge is 0.369 e. The lowest BCUT2D eigenvalue weighted by molar-refractivity contribution is -0.146. The number of carbonyl (C=O) groups excluding carboxylic acids is 1. The van der Waals surface area contributed by atoms with E-state index >= 15 is 0 Å². The molecule has 3 aromatic rings. The van der Waals surface area contributed by atoms with Crippen LogP contribution in [0.4, 0.5) is 5.69 Å². The molecule has 24 heavy (non-hydrogen) atoms. The van der Waals surface area contributed by atoms with E-state index in [4.69, 9.17) is 9.57 Å². The third-order valence-electron chi connectivity index (χ3n) is 3.24. The van der Waals surface area contributed by atoms with Gasteiger partial charge in [0, 0.05) is 11.9 Å². The number of hydrogen-bond donors (Lipinski definition) is 0. The molecule has 0 saturated heterocycles. The number of carbonyl (C=O) groups is 1. The molecule has 0 amide bonds. The summed E-state index contributed by atoms with van der Waals surface area (Å²) < 4.78 is 6.46. The Morgan fingerprint density at radius 2 is 2.08 bits per heavy atom. The first-order valence-corrected chi connectivity index (χ1v) is 9.27. The quantitative estimate of drug-likeness (QED) is 0.489. The van der Waals surface area contributed by atoms with E-state index in [9.17, 15) is 4.79 Å². The van der Waals surface area contributed by atoms with Crippen molar-refractivity contribution in [1.82, 2.24) is 4.98 Å². The van der Waals surface area contributed by atoms with Crippen LogP contribution in [-0.2, 0) is 9.63 Å². The van der Waals surface area contributed by atoms with Crippen LogP contribution in [-0.4, -0.2) is 30.9 Å². The van der Waals surface area contributed by atoms with Gasteiger partial charge in [0.05, 0.1) is 15.9 Å². The minimum absolute atomic E-state index is 0.188. The molecule has 0 aliphatic carbocycles. The van der Waals surface area contributed by atoms with Crippen LogP contribution in [0.25, 0.3) is 10.2 Å². The van der Waals surface area contributed by atoms with Gasteiger partial charge in [-0.3, -0.25) is 0 Å². The fourth-order valence-corrected chi connectivity index (χ4v) is 3.34. The summed E-state index contributed by atoms with van der Waals surface area (Å²) in [4.78, 5) is 22.6. The predicted molar refractivity (Wildman–Crippen MR) is 97.8 cm³/mol. The second-order valence-corrected chi connectivity index (χ2v) is 6.77. The standard InChI is InChI=1S/C17H16N2O3S2/c1-19(12-6-5-7-13(10-12)23-2)22-16(20)11-21-17-18-14-8-3-4-9-15(14)24-17/h3-10H,11H2,1-2H3. The van der Waals surface area contributed by atoms with Gasteiger partial charge in [-0.2, -0.15) is 0 Å². The predicted octanol–water partition coefficient (Wildman–Crippen LogP) is 3.99. The maximum Gasteiger partial charge on any atom is 0.369 e. The van der Waals surface area contributed by atoms with Crippen LogP contribution in [0.2, 0.25) is 0 Å². The van der Waals surface area contributed by atoms with Gasteiger partial charge < -0.3 is 9.57 Å². The Hall–Kier alpha value is -2.25. The van der Waals surface area contributed by atoms with Crippen LogP contribution in [0, 0.1) is 0 Å². The van der Waals surface area contributed by atoms with Crippen molar-refractivity contribution in [3.8, 4) is 5.19 Å². The third-order valence-corrected chi connectivity index (χ3v) is 4.92. The summed E-state index contributed by atoms with van der Waals surface area (Å²) in [5, 5.41) is 1.89. The number of hydroxylamine groups is 1. The van der Waals surface area contributed by atoms with Crippen molar-refractivity contribution in [3.63, 3.8) is 0 Å². The summed E-state index contributed by atoms with van der Waals surface area (Å²) in [6, 6.07) is 15.5. The van der Waals surface area contributed by atoms with Gasteiger partial charge in [0.15, 0.2) is 6.61 Å². The summed E-state index contributed by atoms with van der Waals surface area (Å²) in [6.07, 6.45) is 2.00. The van der Waals surface area contributed by atoms with Gasteiger partial charge in [-0.25, -0.2) is 14.8 Å². The number of para-hydroxylation sites is 1. The summed E-state index contributed by atoms with van der Waals surface area (Å²) in [7, 11) is 1.69. The topological polar surface area (TPSA) is 51.7 Å². The van der Waals surface area contributed by atoms with E-state index in [2.05, 4.69) is 4.98 Å². The van der Waals surface area contributed by atoms with Crippen LogP contribution in [0.5, 0.6) is 5.19 Å². The van der Waals surface area contributed by atoms with Crippen molar-refractivity contribution in [2.24, 2.45) is 0 Å². The number of rotatable bonds is 6. The Balaban J connectivity index is 1.56. The Labute approximate surface area is 148 Å². The molecule has 1 aromatic heterocycles. The molecule has 0 fully saturated rings. The lowest BCUT2D eigenvalue weighted by Crippen LogP contribution is -2.26. The number of aromatic nitrogens is 1. The monoisotopic (exact) mass is 360 g/mol. The molecule has 0 aliphatic rings. The zero-order valence-corrected chi connectivity index (χ0v) is 14.9. The molecule has 0 spiro atoms. The van der Waals surface area contributed by atoms with Gasteiger partial charge in [-0.05, 0) is 36.6 Å².